The number of hydrogen-bond acceptors (Lipinski definition) is 5. The average molecular weight is 382 g/mol. The van der Waals surface area contributed by atoms with Gasteiger partial charge in [-0.3, -0.25) is 19.5 Å². The number of urea groups is 1. The van der Waals surface area contributed by atoms with Crippen molar-refractivity contribution in [1.29, 1.82) is 0 Å². The van der Waals surface area contributed by atoms with Crippen molar-refractivity contribution in [2.45, 2.75) is 25.4 Å². The molecule has 1 saturated heterocycles. The number of carbonyl (C=O) groups is 3. The second kappa shape index (κ2) is 8.98. The second-order valence-electron chi connectivity index (χ2n) is 6.39. The molecule has 2 heterocycles. The van der Waals surface area contributed by atoms with Crippen LogP contribution >= 0.6 is 0 Å². The van der Waals surface area contributed by atoms with Gasteiger partial charge in [0.2, 0.25) is 5.91 Å². The van der Waals surface area contributed by atoms with Crippen LogP contribution in [0.25, 0.3) is 0 Å². The summed E-state index contributed by atoms with van der Waals surface area (Å²) in [5.74, 6) is 0.0447. The van der Waals surface area contributed by atoms with Crippen molar-refractivity contribution in [3.8, 4) is 5.75 Å². The monoisotopic (exact) mass is 382 g/mol. The smallest absolute Gasteiger partial charge is 0.324 e. The van der Waals surface area contributed by atoms with E-state index < -0.39 is 12.1 Å². The molecule has 1 aromatic carbocycles. The summed E-state index contributed by atoms with van der Waals surface area (Å²) in [6, 6.07) is 11.5. The number of nitrogens with one attached hydrogen (secondary N) is 2. The number of ether oxygens (including phenoxy) is 1. The summed E-state index contributed by atoms with van der Waals surface area (Å²) >= 11 is 0. The number of benzene rings is 1. The van der Waals surface area contributed by atoms with Gasteiger partial charge in [-0.25, -0.2) is 4.79 Å². The molecule has 8 nitrogen and oxygen atoms in total. The molecule has 0 aliphatic carbocycles. The standard InChI is InChI=1S/C20H22N4O4/c1-28-16-7-5-14(6-8-16)9-11-24-19(26)17(23-20(24)27)12-18(25)22-13-15-4-2-3-10-21-15/h2-8,10,17H,9,11-13H2,1H3,(H,22,25)(H,23,27)/t17-/m0/s1. The van der Waals surface area contributed by atoms with E-state index in [4.69, 9.17) is 4.74 Å². The van der Waals surface area contributed by atoms with Crippen molar-refractivity contribution in [1.82, 2.24) is 20.5 Å². The van der Waals surface area contributed by atoms with Crippen molar-refractivity contribution in [3.63, 3.8) is 0 Å². The summed E-state index contributed by atoms with van der Waals surface area (Å²) in [7, 11) is 1.59. The Kier molecular flexibility index (Phi) is 6.21. The Balaban J connectivity index is 1.48. The Labute approximate surface area is 162 Å². The van der Waals surface area contributed by atoms with Gasteiger partial charge in [-0.05, 0) is 36.2 Å². The minimum absolute atomic E-state index is 0.101. The maximum atomic E-state index is 12.5. The molecule has 0 radical (unpaired) electrons. The highest BCUT2D eigenvalue weighted by Gasteiger charge is 2.38. The molecule has 1 aliphatic rings. The summed E-state index contributed by atoms with van der Waals surface area (Å²) in [5.41, 5.74) is 1.71. The molecular weight excluding hydrogens is 360 g/mol. The molecule has 0 saturated carbocycles. The first-order valence-corrected chi connectivity index (χ1v) is 8.98. The average Bonchev–Trinajstić information content (AvgIpc) is 2.98. The van der Waals surface area contributed by atoms with Gasteiger partial charge in [-0.15, -0.1) is 0 Å². The third-order valence-corrected chi connectivity index (χ3v) is 4.47. The third-order valence-electron chi connectivity index (χ3n) is 4.47. The molecule has 0 unspecified atom stereocenters. The van der Waals surface area contributed by atoms with Gasteiger partial charge in [0, 0.05) is 12.7 Å². The fraction of sp³-hybridized carbons (Fsp3) is 0.300. The quantitative estimate of drug-likeness (QED) is 0.670. The van der Waals surface area contributed by atoms with E-state index in [1.807, 2.05) is 30.3 Å². The molecule has 4 amide bonds. The van der Waals surface area contributed by atoms with Gasteiger partial charge < -0.3 is 15.4 Å². The Bertz CT molecular complexity index is 839. The zero-order valence-corrected chi connectivity index (χ0v) is 15.6. The van der Waals surface area contributed by atoms with E-state index in [1.165, 1.54) is 0 Å². The first-order chi connectivity index (χ1) is 13.6. The Morgan fingerprint density at radius 2 is 2.00 bits per heavy atom. The lowest BCUT2D eigenvalue weighted by Crippen LogP contribution is -2.36. The molecule has 1 fully saturated rings. The van der Waals surface area contributed by atoms with E-state index in [9.17, 15) is 14.4 Å². The van der Waals surface area contributed by atoms with Crippen molar-refractivity contribution < 1.29 is 19.1 Å². The topological polar surface area (TPSA) is 101 Å². The number of methoxy groups -OCH3 is 1. The predicted octanol–water partition coefficient (Wildman–Crippen LogP) is 1.26. The molecule has 3 rings (SSSR count). The summed E-state index contributed by atoms with van der Waals surface area (Å²) < 4.78 is 5.11. The van der Waals surface area contributed by atoms with Crippen LogP contribution in [0.15, 0.2) is 48.7 Å². The summed E-state index contributed by atoms with van der Waals surface area (Å²) in [5, 5.41) is 5.29. The Hall–Kier alpha value is -3.42. The summed E-state index contributed by atoms with van der Waals surface area (Å²) in [4.78, 5) is 42.0. The Morgan fingerprint density at radius 3 is 2.68 bits per heavy atom. The van der Waals surface area contributed by atoms with Gasteiger partial charge in [0.05, 0.1) is 25.8 Å². The molecule has 1 aliphatic heterocycles. The molecular formula is C20H22N4O4. The summed E-state index contributed by atoms with van der Waals surface area (Å²) in [6.45, 7) is 0.527. The van der Waals surface area contributed by atoms with E-state index in [0.717, 1.165) is 21.9 Å². The fourth-order valence-electron chi connectivity index (χ4n) is 2.91. The van der Waals surface area contributed by atoms with Gasteiger partial charge in [0.1, 0.15) is 11.8 Å². The van der Waals surface area contributed by atoms with Gasteiger partial charge in [0.15, 0.2) is 0 Å². The van der Waals surface area contributed by atoms with Gasteiger partial charge in [-0.2, -0.15) is 0 Å². The Morgan fingerprint density at radius 1 is 1.21 bits per heavy atom. The largest absolute Gasteiger partial charge is 0.497 e. The zero-order valence-electron chi connectivity index (χ0n) is 15.6. The molecule has 0 bridgehead atoms. The zero-order chi connectivity index (χ0) is 19.9. The van der Waals surface area contributed by atoms with E-state index in [1.54, 1.807) is 25.4 Å². The molecule has 2 aromatic rings. The lowest BCUT2D eigenvalue weighted by atomic mass is 10.1. The van der Waals surface area contributed by atoms with Gasteiger partial charge in [0.25, 0.3) is 5.91 Å². The molecule has 1 aromatic heterocycles. The highest BCUT2D eigenvalue weighted by Crippen LogP contribution is 2.14. The van der Waals surface area contributed by atoms with Crippen molar-refractivity contribution in [2.75, 3.05) is 13.7 Å². The number of nitrogens with zero attached hydrogens (tertiary/aromatic N) is 2. The first-order valence-electron chi connectivity index (χ1n) is 8.98. The van der Waals surface area contributed by atoms with Crippen molar-refractivity contribution in [3.05, 3.63) is 59.9 Å². The molecule has 0 spiro atoms. The molecule has 1 atom stereocenters. The number of hydrogen-bond donors (Lipinski definition) is 2. The van der Waals surface area contributed by atoms with Crippen LogP contribution in [0.3, 0.4) is 0 Å². The highest BCUT2D eigenvalue weighted by atomic mass is 16.5. The van der Waals surface area contributed by atoms with Crippen LogP contribution in [0, 0.1) is 0 Å². The van der Waals surface area contributed by atoms with Crippen LogP contribution in [0.5, 0.6) is 5.75 Å². The SMILES string of the molecule is COc1ccc(CCN2C(=O)N[C@@H](CC(=O)NCc3ccccn3)C2=O)cc1. The summed E-state index contributed by atoms with van der Waals surface area (Å²) in [6.07, 6.45) is 2.07. The lowest BCUT2D eigenvalue weighted by molar-refractivity contribution is -0.130. The highest BCUT2D eigenvalue weighted by molar-refractivity contribution is 6.05. The van der Waals surface area contributed by atoms with Gasteiger partial charge >= 0.3 is 6.03 Å². The van der Waals surface area contributed by atoms with Crippen LogP contribution in [0.2, 0.25) is 0 Å². The van der Waals surface area contributed by atoms with Crippen LogP contribution in [0.1, 0.15) is 17.7 Å². The number of aromatic nitrogens is 1. The second-order valence-corrected chi connectivity index (χ2v) is 6.39. The van der Waals surface area contributed by atoms with E-state index in [0.29, 0.717) is 6.42 Å². The number of imide groups is 1. The maximum absolute atomic E-state index is 12.5. The van der Waals surface area contributed by atoms with Crippen LogP contribution < -0.4 is 15.4 Å². The van der Waals surface area contributed by atoms with Crippen LogP contribution in [0.4, 0.5) is 4.79 Å². The number of pyridine rings is 1. The maximum Gasteiger partial charge on any atom is 0.324 e. The molecule has 2 N–H and O–H groups in total. The molecule has 28 heavy (non-hydrogen) atoms. The van der Waals surface area contributed by atoms with Crippen LogP contribution in [-0.2, 0) is 22.6 Å². The molecule has 146 valence electrons. The minimum Gasteiger partial charge on any atom is -0.497 e. The minimum atomic E-state index is -0.841. The lowest BCUT2D eigenvalue weighted by Gasteiger charge is -2.13. The van der Waals surface area contributed by atoms with E-state index in [2.05, 4.69) is 15.6 Å². The van der Waals surface area contributed by atoms with E-state index in [-0.39, 0.29) is 31.3 Å². The first kappa shape index (κ1) is 19.3. The predicted molar refractivity (Wildman–Crippen MR) is 101 cm³/mol. The van der Waals surface area contributed by atoms with E-state index >= 15 is 0 Å². The molecule has 8 heteroatoms. The number of carbonyl (C=O) groups excluding carboxylic acids is 3. The van der Waals surface area contributed by atoms with Crippen molar-refractivity contribution in [2.24, 2.45) is 0 Å². The number of rotatable bonds is 8. The normalized spacial score (nSPS) is 16.0. The fourth-order valence-corrected chi connectivity index (χ4v) is 2.91. The van der Waals surface area contributed by atoms with Crippen molar-refractivity contribution >= 4 is 17.8 Å². The van der Waals surface area contributed by atoms with Crippen LogP contribution in [-0.4, -0.2) is 47.4 Å². The third kappa shape index (κ3) is 4.85. The van der Waals surface area contributed by atoms with Gasteiger partial charge in [-0.1, -0.05) is 18.2 Å². The number of amides is 4.